The number of nitrogens with one attached hydrogen (secondary N) is 1. The topological polar surface area (TPSA) is 139 Å². The molecule has 2 heterocycles. The fraction of sp³-hybridized carbons (Fsp3) is 0.310. The van der Waals surface area contributed by atoms with Crippen LogP contribution in [0.2, 0.25) is 0 Å². The first-order valence-corrected chi connectivity index (χ1v) is 13.3. The van der Waals surface area contributed by atoms with Gasteiger partial charge in [-0.1, -0.05) is 42.7 Å². The van der Waals surface area contributed by atoms with Crippen LogP contribution in [0, 0.1) is 0 Å². The van der Waals surface area contributed by atoms with Crippen LogP contribution in [0.3, 0.4) is 0 Å². The second-order valence-corrected chi connectivity index (χ2v) is 10.0. The molecule has 1 fully saturated rings. The quantitative estimate of drug-likeness (QED) is 0.299. The Bertz CT molecular complexity index is 1560. The van der Waals surface area contributed by atoms with Gasteiger partial charge < -0.3 is 25.0 Å². The number of ether oxygens (including phenoxy) is 2. The highest BCUT2D eigenvalue weighted by Gasteiger charge is 2.35. The molecule has 3 aromatic carbocycles. The van der Waals surface area contributed by atoms with Gasteiger partial charge >= 0.3 is 0 Å². The molecule has 11 heteroatoms. The number of phenols is 2. The Morgan fingerprint density at radius 3 is 2.60 bits per heavy atom. The number of carbonyl (C=O) groups is 2. The molecule has 1 saturated carbocycles. The Balaban J connectivity index is 1.44. The molecule has 206 valence electrons. The summed E-state index contributed by atoms with van der Waals surface area (Å²) >= 11 is 0. The number of hydrogen-bond donors (Lipinski definition) is 3. The highest BCUT2D eigenvalue weighted by Crippen LogP contribution is 2.39. The zero-order valence-electron chi connectivity index (χ0n) is 21.7. The van der Waals surface area contributed by atoms with Crippen LogP contribution >= 0.6 is 0 Å². The van der Waals surface area contributed by atoms with E-state index < -0.39 is 23.6 Å². The maximum absolute atomic E-state index is 14.2. The van der Waals surface area contributed by atoms with Crippen LogP contribution in [0.4, 0.5) is 5.69 Å². The number of hydrogen-bond acceptors (Lipinski definition) is 8. The average Bonchev–Trinajstić information content (AvgIpc) is 3.60. The summed E-state index contributed by atoms with van der Waals surface area (Å²) in [6.45, 7) is -0.151. The minimum absolute atomic E-state index is 0.0255. The SMILES string of the molecule is O=C(NC1CCCCC1)[C@@H](c1ccc(O)c(O)c1)N(C(=O)Cn1nnc2ccccc21)c1ccc2c(c1)OCO2. The number of benzene rings is 3. The summed E-state index contributed by atoms with van der Waals surface area (Å²) in [6, 6.07) is 15.3. The summed E-state index contributed by atoms with van der Waals surface area (Å²) in [4.78, 5) is 29.6. The van der Waals surface area contributed by atoms with Crippen LogP contribution in [0.15, 0.2) is 60.7 Å². The fourth-order valence-electron chi connectivity index (χ4n) is 5.37. The molecule has 1 aliphatic heterocycles. The van der Waals surface area contributed by atoms with Gasteiger partial charge in [0.25, 0.3) is 0 Å². The normalized spacial score (nSPS) is 15.6. The van der Waals surface area contributed by atoms with Crippen LogP contribution in [0.1, 0.15) is 43.7 Å². The van der Waals surface area contributed by atoms with Crippen molar-refractivity contribution in [3.8, 4) is 23.0 Å². The Labute approximate surface area is 229 Å². The van der Waals surface area contributed by atoms with Crippen molar-refractivity contribution in [2.75, 3.05) is 11.7 Å². The minimum Gasteiger partial charge on any atom is -0.504 e. The lowest BCUT2D eigenvalue weighted by Crippen LogP contribution is -2.48. The lowest BCUT2D eigenvalue weighted by atomic mass is 9.94. The predicted molar refractivity (Wildman–Crippen MR) is 145 cm³/mol. The molecule has 2 aliphatic rings. The van der Waals surface area contributed by atoms with Gasteiger partial charge in [-0.25, -0.2) is 4.68 Å². The molecular weight excluding hydrogens is 514 g/mol. The highest BCUT2D eigenvalue weighted by atomic mass is 16.7. The van der Waals surface area contributed by atoms with Gasteiger partial charge in [0.2, 0.25) is 18.6 Å². The van der Waals surface area contributed by atoms with Gasteiger partial charge in [-0.05, 0) is 54.8 Å². The predicted octanol–water partition coefficient (Wildman–Crippen LogP) is 3.79. The highest BCUT2D eigenvalue weighted by molar-refractivity contribution is 6.02. The smallest absolute Gasteiger partial charge is 0.249 e. The van der Waals surface area contributed by atoms with Crippen molar-refractivity contribution in [3.63, 3.8) is 0 Å². The lowest BCUT2D eigenvalue weighted by Gasteiger charge is -2.33. The van der Waals surface area contributed by atoms with Gasteiger partial charge in [-0.2, -0.15) is 0 Å². The molecule has 4 aromatic rings. The molecule has 0 spiro atoms. The van der Waals surface area contributed by atoms with Crippen molar-refractivity contribution < 1.29 is 29.3 Å². The molecule has 6 rings (SSSR count). The maximum Gasteiger partial charge on any atom is 0.249 e. The number of para-hydroxylation sites is 1. The van der Waals surface area contributed by atoms with E-state index in [9.17, 15) is 19.8 Å². The van der Waals surface area contributed by atoms with E-state index in [0.29, 0.717) is 33.8 Å². The molecule has 0 bridgehead atoms. The number of anilines is 1. The second-order valence-electron chi connectivity index (χ2n) is 10.0. The van der Waals surface area contributed by atoms with Crippen molar-refractivity contribution in [2.24, 2.45) is 0 Å². The molecule has 11 nitrogen and oxygen atoms in total. The molecule has 40 heavy (non-hydrogen) atoms. The van der Waals surface area contributed by atoms with E-state index in [2.05, 4.69) is 15.6 Å². The Kier molecular flexibility index (Phi) is 6.85. The van der Waals surface area contributed by atoms with Crippen LogP contribution < -0.4 is 19.7 Å². The summed E-state index contributed by atoms with van der Waals surface area (Å²) in [6.07, 6.45) is 4.85. The molecular formula is C29H29N5O6. The van der Waals surface area contributed by atoms with Gasteiger partial charge in [0.15, 0.2) is 23.0 Å². The second kappa shape index (κ2) is 10.8. The number of carbonyl (C=O) groups excluding carboxylic acids is 2. The van der Waals surface area contributed by atoms with Gasteiger partial charge in [0, 0.05) is 17.8 Å². The van der Waals surface area contributed by atoms with Crippen LogP contribution in [0.25, 0.3) is 11.0 Å². The Morgan fingerprint density at radius 2 is 1.77 bits per heavy atom. The van der Waals surface area contributed by atoms with E-state index >= 15 is 0 Å². The first-order valence-electron chi connectivity index (χ1n) is 13.3. The lowest BCUT2D eigenvalue weighted by molar-refractivity contribution is -0.127. The summed E-state index contributed by atoms with van der Waals surface area (Å²) in [7, 11) is 0. The molecule has 1 aliphatic carbocycles. The number of rotatable bonds is 7. The third kappa shape index (κ3) is 4.97. The Hall–Kier alpha value is -4.80. The molecule has 1 aromatic heterocycles. The van der Waals surface area contributed by atoms with Crippen molar-refractivity contribution in [1.82, 2.24) is 20.3 Å². The van der Waals surface area contributed by atoms with E-state index in [1.807, 2.05) is 18.2 Å². The third-order valence-electron chi connectivity index (χ3n) is 7.38. The van der Waals surface area contributed by atoms with Gasteiger partial charge in [-0.15, -0.1) is 5.10 Å². The van der Waals surface area contributed by atoms with Crippen LogP contribution in [-0.2, 0) is 16.1 Å². The molecule has 0 unspecified atom stereocenters. The van der Waals surface area contributed by atoms with Crippen LogP contribution in [-0.4, -0.2) is 49.9 Å². The molecule has 2 amide bonds. The summed E-state index contributed by atoms with van der Waals surface area (Å²) in [5.74, 6) is -0.582. The van der Waals surface area contributed by atoms with Crippen molar-refractivity contribution in [2.45, 2.75) is 50.7 Å². The first-order chi connectivity index (χ1) is 19.5. The number of nitrogens with zero attached hydrogens (tertiary/aromatic N) is 4. The number of fused-ring (bicyclic) bond motifs is 2. The van der Waals surface area contributed by atoms with E-state index in [4.69, 9.17) is 9.47 Å². The van der Waals surface area contributed by atoms with Crippen molar-refractivity contribution in [3.05, 3.63) is 66.2 Å². The zero-order chi connectivity index (χ0) is 27.6. The van der Waals surface area contributed by atoms with Gasteiger partial charge in [0.05, 0.1) is 5.52 Å². The number of aromatic nitrogens is 3. The van der Waals surface area contributed by atoms with E-state index in [1.165, 1.54) is 27.8 Å². The largest absolute Gasteiger partial charge is 0.504 e. The summed E-state index contributed by atoms with van der Waals surface area (Å²) in [5.41, 5.74) is 2.04. The first kappa shape index (κ1) is 25.5. The molecule has 3 N–H and O–H groups in total. The van der Waals surface area contributed by atoms with Crippen molar-refractivity contribution >= 4 is 28.5 Å². The van der Waals surface area contributed by atoms with Crippen molar-refractivity contribution in [1.29, 1.82) is 0 Å². The maximum atomic E-state index is 14.2. The van der Waals surface area contributed by atoms with Crippen LogP contribution in [0.5, 0.6) is 23.0 Å². The van der Waals surface area contributed by atoms with E-state index in [0.717, 1.165) is 32.1 Å². The van der Waals surface area contributed by atoms with E-state index in [1.54, 1.807) is 24.3 Å². The molecule has 0 saturated heterocycles. The number of amides is 2. The third-order valence-corrected chi connectivity index (χ3v) is 7.38. The van der Waals surface area contributed by atoms with Gasteiger partial charge in [0.1, 0.15) is 18.1 Å². The number of phenolic OH excluding ortho intramolecular Hbond substituents is 2. The van der Waals surface area contributed by atoms with Gasteiger partial charge in [-0.3, -0.25) is 14.5 Å². The number of aromatic hydroxyl groups is 2. The zero-order valence-corrected chi connectivity index (χ0v) is 21.7. The summed E-state index contributed by atoms with van der Waals surface area (Å²) in [5, 5.41) is 31.8. The summed E-state index contributed by atoms with van der Waals surface area (Å²) < 4.78 is 12.5. The fourth-order valence-corrected chi connectivity index (χ4v) is 5.37. The molecule has 1 atom stereocenters. The monoisotopic (exact) mass is 543 g/mol. The Morgan fingerprint density at radius 1 is 0.975 bits per heavy atom. The molecule has 0 radical (unpaired) electrons. The average molecular weight is 544 g/mol. The minimum atomic E-state index is -1.17. The van der Waals surface area contributed by atoms with E-state index in [-0.39, 0.29) is 25.1 Å². The standard InChI is InChI=1S/C29H29N5O6/c35-23-12-10-18(14-24(23)36)28(29(38)30-19-6-2-1-3-7-19)34(20-11-13-25-26(15-20)40-17-39-25)27(37)16-33-22-9-5-4-8-21(22)31-32-33/h4-5,8-15,19,28,35-36H,1-3,6-7,16-17H2,(H,30,38)/t28-/m1/s1.